The van der Waals surface area contributed by atoms with E-state index in [0.29, 0.717) is 6.04 Å². The Morgan fingerprint density at radius 3 is 3.22 bits per heavy atom. The van der Waals surface area contributed by atoms with Gasteiger partial charge in [0.2, 0.25) is 5.91 Å². The van der Waals surface area contributed by atoms with Gasteiger partial charge in [-0.05, 0) is 38.1 Å². The molecule has 1 N–H and O–H groups in total. The third-order valence-corrected chi connectivity index (χ3v) is 3.18. The standard InChI is InChI=1S/C14H19N3O/c1-15-11-13-6-4-10-17(13)14(18)8-7-12-5-2-3-9-16-12/h2-3,5,7-9,13,15H,4,6,10-11H2,1H3/b8-7+. The Morgan fingerprint density at radius 2 is 2.50 bits per heavy atom. The Balaban J connectivity index is 1.97. The maximum Gasteiger partial charge on any atom is 0.246 e. The molecule has 1 aromatic heterocycles. The summed E-state index contributed by atoms with van der Waals surface area (Å²) in [5.41, 5.74) is 0.815. The molecule has 4 nitrogen and oxygen atoms in total. The van der Waals surface area contributed by atoms with Crippen LogP contribution in [-0.2, 0) is 4.79 Å². The van der Waals surface area contributed by atoms with E-state index in [1.165, 1.54) is 0 Å². The van der Waals surface area contributed by atoms with Crippen molar-refractivity contribution in [1.29, 1.82) is 0 Å². The van der Waals surface area contributed by atoms with Crippen LogP contribution < -0.4 is 5.32 Å². The lowest BCUT2D eigenvalue weighted by molar-refractivity contribution is -0.126. The number of hydrogen-bond acceptors (Lipinski definition) is 3. The van der Waals surface area contributed by atoms with E-state index >= 15 is 0 Å². The summed E-state index contributed by atoms with van der Waals surface area (Å²) in [5, 5.41) is 3.14. The van der Waals surface area contributed by atoms with Gasteiger partial charge in [-0.3, -0.25) is 9.78 Å². The maximum absolute atomic E-state index is 12.1. The molecule has 1 amide bonds. The molecule has 0 aliphatic carbocycles. The Bertz CT molecular complexity index is 416. The molecule has 1 aromatic rings. The number of nitrogens with zero attached hydrogens (tertiary/aromatic N) is 2. The molecule has 1 unspecified atom stereocenters. The van der Waals surface area contributed by atoms with Gasteiger partial charge in [0.15, 0.2) is 0 Å². The number of hydrogen-bond donors (Lipinski definition) is 1. The zero-order chi connectivity index (χ0) is 12.8. The minimum Gasteiger partial charge on any atom is -0.335 e. The Morgan fingerprint density at radius 1 is 1.61 bits per heavy atom. The normalized spacial score (nSPS) is 19.6. The Hall–Kier alpha value is -1.68. The van der Waals surface area contributed by atoms with E-state index in [2.05, 4.69) is 10.3 Å². The van der Waals surface area contributed by atoms with Crippen LogP contribution in [0.1, 0.15) is 18.5 Å². The number of amides is 1. The molecule has 0 saturated carbocycles. The molecule has 1 saturated heterocycles. The summed E-state index contributed by atoms with van der Waals surface area (Å²) < 4.78 is 0. The van der Waals surface area contributed by atoms with Crippen LogP contribution in [0.25, 0.3) is 6.08 Å². The number of nitrogens with one attached hydrogen (secondary N) is 1. The predicted molar refractivity (Wildman–Crippen MR) is 71.9 cm³/mol. The van der Waals surface area contributed by atoms with Gasteiger partial charge in [0.1, 0.15) is 0 Å². The molecule has 2 rings (SSSR count). The molecule has 1 fully saturated rings. The van der Waals surface area contributed by atoms with E-state index < -0.39 is 0 Å². The number of aromatic nitrogens is 1. The molecule has 0 bridgehead atoms. The molecule has 4 heteroatoms. The Labute approximate surface area is 108 Å². The fraction of sp³-hybridized carbons (Fsp3) is 0.429. The SMILES string of the molecule is CNCC1CCCN1C(=O)/C=C/c1ccccn1. The minimum atomic E-state index is 0.0819. The summed E-state index contributed by atoms with van der Waals surface area (Å²) in [6.07, 6.45) is 7.30. The summed E-state index contributed by atoms with van der Waals surface area (Å²) in [6, 6.07) is 5.99. The lowest BCUT2D eigenvalue weighted by atomic mass is 10.2. The fourth-order valence-electron chi connectivity index (χ4n) is 2.30. The van der Waals surface area contributed by atoms with Crippen molar-refractivity contribution in [2.45, 2.75) is 18.9 Å². The monoisotopic (exact) mass is 245 g/mol. The molecule has 18 heavy (non-hydrogen) atoms. The first kappa shape index (κ1) is 12.8. The van der Waals surface area contributed by atoms with E-state index in [1.807, 2.05) is 30.1 Å². The average molecular weight is 245 g/mol. The number of rotatable bonds is 4. The van der Waals surface area contributed by atoms with Crippen molar-refractivity contribution in [2.75, 3.05) is 20.1 Å². The van der Waals surface area contributed by atoms with Gasteiger partial charge in [-0.25, -0.2) is 0 Å². The molecule has 1 atom stereocenters. The van der Waals surface area contributed by atoms with Crippen molar-refractivity contribution < 1.29 is 4.79 Å². The molecule has 1 aliphatic heterocycles. The third-order valence-electron chi connectivity index (χ3n) is 3.18. The molecular formula is C14H19N3O. The van der Waals surface area contributed by atoms with Crippen molar-refractivity contribution in [1.82, 2.24) is 15.2 Å². The molecule has 1 aliphatic rings. The highest BCUT2D eigenvalue weighted by Crippen LogP contribution is 2.17. The number of pyridine rings is 1. The van der Waals surface area contributed by atoms with Crippen molar-refractivity contribution >= 4 is 12.0 Å². The van der Waals surface area contributed by atoms with Crippen LogP contribution in [-0.4, -0.2) is 42.0 Å². The number of likely N-dealkylation sites (tertiary alicyclic amines) is 1. The van der Waals surface area contributed by atoms with Crippen molar-refractivity contribution in [3.8, 4) is 0 Å². The van der Waals surface area contributed by atoms with Crippen LogP contribution in [0.2, 0.25) is 0 Å². The summed E-state index contributed by atoms with van der Waals surface area (Å²) in [7, 11) is 1.92. The molecule has 96 valence electrons. The number of likely N-dealkylation sites (N-methyl/N-ethyl adjacent to an activating group) is 1. The molecular weight excluding hydrogens is 226 g/mol. The quantitative estimate of drug-likeness (QED) is 0.813. The minimum absolute atomic E-state index is 0.0819. The zero-order valence-corrected chi connectivity index (χ0v) is 10.7. The van der Waals surface area contributed by atoms with E-state index in [0.717, 1.165) is 31.6 Å². The first-order valence-electron chi connectivity index (χ1n) is 6.35. The molecule has 0 radical (unpaired) electrons. The summed E-state index contributed by atoms with van der Waals surface area (Å²) in [5.74, 6) is 0.0819. The van der Waals surface area contributed by atoms with E-state index in [4.69, 9.17) is 0 Å². The first-order chi connectivity index (χ1) is 8.81. The van der Waals surface area contributed by atoms with Gasteiger partial charge < -0.3 is 10.2 Å². The predicted octanol–water partition coefficient (Wildman–Crippen LogP) is 1.31. The molecule has 0 aromatic carbocycles. The van der Waals surface area contributed by atoms with Crippen LogP contribution in [0.3, 0.4) is 0 Å². The summed E-state index contributed by atoms with van der Waals surface area (Å²) >= 11 is 0. The Kier molecular flexibility index (Phi) is 4.47. The zero-order valence-electron chi connectivity index (χ0n) is 10.7. The van der Waals surface area contributed by atoms with Gasteiger partial charge >= 0.3 is 0 Å². The second-order valence-electron chi connectivity index (χ2n) is 4.47. The summed E-state index contributed by atoms with van der Waals surface area (Å²) in [4.78, 5) is 18.2. The number of carbonyl (C=O) groups excluding carboxylic acids is 1. The maximum atomic E-state index is 12.1. The third kappa shape index (κ3) is 3.17. The van der Waals surface area contributed by atoms with Crippen LogP contribution >= 0.6 is 0 Å². The van der Waals surface area contributed by atoms with Gasteiger partial charge in [0.25, 0.3) is 0 Å². The largest absolute Gasteiger partial charge is 0.335 e. The lowest BCUT2D eigenvalue weighted by Crippen LogP contribution is -2.39. The van der Waals surface area contributed by atoms with Gasteiger partial charge in [-0.2, -0.15) is 0 Å². The second kappa shape index (κ2) is 6.31. The van der Waals surface area contributed by atoms with E-state index in [1.54, 1.807) is 18.3 Å². The van der Waals surface area contributed by atoms with Crippen molar-refractivity contribution in [3.05, 3.63) is 36.2 Å². The lowest BCUT2D eigenvalue weighted by Gasteiger charge is -2.23. The van der Waals surface area contributed by atoms with Crippen LogP contribution in [0.5, 0.6) is 0 Å². The topological polar surface area (TPSA) is 45.2 Å². The van der Waals surface area contributed by atoms with Gasteiger partial charge in [0, 0.05) is 31.4 Å². The van der Waals surface area contributed by atoms with Gasteiger partial charge in [-0.15, -0.1) is 0 Å². The molecule has 0 spiro atoms. The summed E-state index contributed by atoms with van der Waals surface area (Å²) in [6.45, 7) is 1.72. The highest BCUT2D eigenvalue weighted by molar-refractivity contribution is 5.91. The van der Waals surface area contributed by atoms with Crippen molar-refractivity contribution in [3.63, 3.8) is 0 Å². The van der Waals surface area contributed by atoms with Crippen molar-refractivity contribution in [2.24, 2.45) is 0 Å². The first-order valence-corrected chi connectivity index (χ1v) is 6.35. The molecule has 2 heterocycles. The highest BCUT2D eigenvalue weighted by Gasteiger charge is 2.26. The number of carbonyl (C=O) groups is 1. The van der Waals surface area contributed by atoms with Crippen LogP contribution in [0.4, 0.5) is 0 Å². The van der Waals surface area contributed by atoms with Crippen LogP contribution in [0.15, 0.2) is 30.5 Å². The smallest absolute Gasteiger partial charge is 0.246 e. The van der Waals surface area contributed by atoms with Gasteiger partial charge in [0.05, 0.1) is 5.69 Å². The van der Waals surface area contributed by atoms with Crippen LogP contribution in [0, 0.1) is 0 Å². The highest BCUT2D eigenvalue weighted by atomic mass is 16.2. The van der Waals surface area contributed by atoms with Gasteiger partial charge in [-0.1, -0.05) is 6.07 Å². The van der Waals surface area contributed by atoms with E-state index in [9.17, 15) is 4.79 Å². The second-order valence-corrected chi connectivity index (χ2v) is 4.47. The average Bonchev–Trinajstić information content (AvgIpc) is 2.86. The fourth-order valence-corrected chi connectivity index (χ4v) is 2.30. The van der Waals surface area contributed by atoms with E-state index in [-0.39, 0.29) is 5.91 Å².